The Kier molecular flexibility index (Phi) is 4.32. The van der Waals surface area contributed by atoms with E-state index in [0.29, 0.717) is 12.5 Å². The lowest BCUT2D eigenvalue weighted by atomic mass is 9.95. The zero-order valence-electron chi connectivity index (χ0n) is 11.8. The van der Waals surface area contributed by atoms with Crippen LogP contribution in [0.25, 0.3) is 0 Å². The monoisotopic (exact) mass is 268 g/mol. The number of urea groups is 1. The predicted molar refractivity (Wildman–Crippen MR) is 71.8 cm³/mol. The number of carboxylic acids is 1. The normalized spacial score (nSPS) is 28.7. The molecule has 0 saturated heterocycles. The maximum Gasteiger partial charge on any atom is 0.323 e. The van der Waals surface area contributed by atoms with Crippen molar-refractivity contribution in [1.29, 1.82) is 0 Å². The predicted octanol–water partition coefficient (Wildman–Crippen LogP) is 1.93. The minimum Gasteiger partial charge on any atom is -0.480 e. The van der Waals surface area contributed by atoms with E-state index in [2.05, 4.69) is 5.32 Å². The first-order chi connectivity index (χ1) is 8.95. The van der Waals surface area contributed by atoms with Gasteiger partial charge in [0.2, 0.25) is 0 Å². The molecule has 0 aromatic rings. The van der Waals surface area contributed by atoms with Gasteiger partial charge in [-0.2, -0.15) is 0 Å². The molecule has 2 saturated carbocycles. The van der Waals surface area contributed by atoms with Gasteiger partial charge in [-0.1, -0.05) is 20.3 Å². The van der Waals surface area contributed by atoms with Crippen LogP contribution in [-0.4, -0.2) is 41.1 Å². The van der Waals surface area contributed by atoms with Gasteiger partial charge in [-0.05, 0) is 37.0 Å². The number of carbonyl (C=O) groups is 2. The molecule has 2 fully saturated rings. The molecule has 5 nitrogen and oxygen atoms in total. The third-order valence-corrected chi connectivity index (χ3v) is 4.25. The van der Waals surface area contributed by atoms with Crippen LogP contribution in [0, 0.1) is 17.8 Å². The van der Waals surface area contributed by atoms with E-state index >= 15 is 0 Å². The second-order valence-corrected chi connectivity index (χ2v) is 6.40. The summed E-state index contributed by atoms with van der Waals surface area (Å²) >= 11 is 0. The zero-order valence-corrected chi connectivity index (χ0v) is 11.8. The van der Waals surface area contributed by atoms with Gasteiger partial charge in [0.1, 0.15) is 6.54 Å². The van der Waals surface area contributed by atoms with E-state index in [1.807, 2.05) is 13.8 Å². The van der Waals surface area contributed by atoms with E-state index in [9.17, 15) is 9.59 Å². The van der Waals surface area contributed by atoms with E-state index < -0.39 is 5.97 Å². The summed E-state index contributed by atoms with van der Waals surface area (Å²) in [5, 5.41) is 11.9. The number of hydrogen-bond acceptors (Lipinski definition) is 2. The summed E-state index contributed by atoms with van der Waals surface area (Å²) in [6.07, 6.45) is 4.80. The van der Waals surface area contributed by atoms with Crippen molar-refractivity contribution in [3.8, 4) is 0 Å². The first-order valence-corrected chi connectivity index (χ1v) is 7.23. The van der Waals surface area contributed by atoms with Crippen molar-refractivity contribution in [3.05, 3.63) is 0 Å². The molecule has 2 aliphatic carbocycles. The number of carboxylic acid groups (broad SMARTS) is 1. The largest absolute Gasteiger partial charge is 0.480 e. The van der Waals surface area contributed by atoms with Gasteiger partial charge in [-0.25, -0.2) is 4.79 Å². The standard InChI is InChI=1S/C14H24N2O3/c1-9(2)7-16(8-13(17)18)14(19)15-12-6-10-3-4-11(12)5-10/h9-12H,3-8H2,1-2H3,(H,15,19)(H,17,18). The summed E-state index contributed by atoms with van der Waals surface area (Å²) in [4.78, 5) is 24.5. The highest BCUT2D eigenvalue weighted by Gasteiger charge is 2.40. The lowest BCUT2D eigenvalue weighted by Crippen LogP contribution is -2.49. The maximum absolute atomic E-state index is 12.2. The molecule has 19 heavy (non-hydrogen) atoms. The lowest BCUT2D eigenvalue weighted by molar-refractivity contribution is -0.137. The summed E-state index contributed by atoms with van der Waals surface area (Å²) in [6.45, 7) is 4.24. The van der Waals surface area contributed by atoms with Crippen molar-refractivity contribution in [3.63, 3.8) is 0 Å². The number of carbonyl (C=O) groups excluding carboxylic acids is 1. The fraction of sp³-hybridized carbons (Fsp3) is 0.857. The minimum atomic E-state index is -0.955. The molecular formula is C14H24N2O3. The number of rotatable bonds is 5. The third kappa shape index (κ3) is 3.61. The van der Waals surface area contributed by atoms with Gasteiger partial charge >= 0.3 is 12.0 Å². The van der Waals surface area contributed by atoms with Crippen LogP contribution in [0.1, 0.15) is 39.5 Å². The number of nitrogens with zero attached hydrogens (tertiary/aromatic N) is 1. The van der Waals surface area contributed by atoms with E-state index in [0.717, 1.165) is 12.3 Å². The van der Waals surface area contributed by atoms with Crippen LogP contribution >= 0.6 is 0 Å². The second kappa shape index (κ2) is 5.80. The Bertz CT molecular complexity index is 357. The molecule has 2 aliphatic rings. The molecular weight excluding hydrogens is 244 g/mol. The minimum absolute atomic E-state index is 0.214. The van der Waals surface area contributed by atoms with Crippen LogP contribution in [0.2, 0.25) is 0 Å². The van der Waals surface area contributed by atoms with Gasteiger partial charge in [0.25, 0.3) is 0 Å². The highest BCUT2D eigenvalue weighted by molar-refractivity contribution is 5.80. The van der Waals surface area contributed by atoms with E-state index in [-0.39, 0.29) is 24.5 Å². The topological polar surface area (TPSA) is 69.6 Å². The molecule has 0 aromatic heterocycles. The van der Waals surface area contributed by atoms with E-state index in [1.165, 1.54) is 24.2 Å². The van der Waals surface area contributed by atoms with Crippen molar-refractivity contribution in [2.24, 2.45) is 17.8 Å². The Morgan fingerprint density at radius 1 is 1.32 bits per heavy atom. The molecule has 108 valence electrons. The Morgan fingerprint density at radius 3 is 2.53 bits per heavy atom. The molecule has 0 radical (unpaired) electrons. The van der Waals surface area contributed by atoms with Crippen molar-refractivity contribution in [1.82, 2.24) is 10.2 Å². The van der Waals surface area contributed by atoms with Gasteiger partial charge in [0.15, 0.2) is 0 Å². The smallest absolute Gasteiger partial charge is 0.323 e. The van der Waals surface area contributed by atoms with Gasteiger partial charge in [0.05, 0.1) is 0 Å². The van der Waals surface area contributed by atoms with Gasteiger partial charge in [0, 0.05) is 12.6 Å². The molecule has 0 heterocycles. The average Bonchev–Trinajstić information content (AvgIpc) is 2.88. The molecule has 2 bridgehead atoms. The first kappa shape index (κ1) is 14.2. The van der Waals surface area contributed by atoms with Crippen molar-refractivity contribution >= 4 is 12.0 Å². The number of fused-ring (bicyclic) bond motifs is 2. The van der Waals surface area contributed by atoms with Crippen LogP contribution in [0.5, 0.6) is 0 Å². The molecule has 3 unspecified atom stereocenters. The fourth-order valence-corrected chi connectivity index (χ4v) is 3.49. The molecule has 2 N–H and O–H groups in total. The molecule has 3 atom stereocenters. The molecule has 2 rings (SSSR count). The van der Waals surface area contributed by atoms with Crippen LogP contribution in [0.3, 0.4) is 0 Å². The van der Waals surface area contributed by atoms with Crippen molar-refractivity contribution in [2.45, 2.75) is 45.6 Å². The van der Waals surface area contributed by atoms with E-state index in [1.54, 1.807) is 0 Å². The summed E-state index contributed by atoms with van der Waals surface area (Å²) in [6, 6.07) is 0.0448. The molecule has 0 aliphatic heterocycles. The SMILES string of the molecule is CC(C)CN(CC(=O)O)C(=O)NC1CC2CCC1C2. The van der Waals surface area contributed by atoms with E-state index in [4.69, 9.17) is 5.11 Å². The summed E-state index contributed by atoms with van der Waals surface area (Å²) in [5.74, 6) is 0.696. The third-order valence-electron chi connectivity index (χ3n) is 4.25. The Balaban J connectivity index is 1.89. The molecule has 0 aromatic carbocycles. The van der Waals surface area contributed by atoms with Crippen LogP contribution in [0.4, 0.5) is 4.79 Å². The number of amides is 2. The van der Waals surface area contributed by atoms with Gasteiger partial charge < -0.3 is 15.3 Å². The molecule has 2 amide bonds. The van der Waals surface area contributed by atoms with Gasteiger partial charge in [-0.3, -0.25) is 4.79 Å². The number of aliphatic carboxylic acids is 1. The highest BCUT2D eigenvalue weighted by Crippen LogP contribution is 2.44. The van der Waals surface area contributed by atoms with Crippen molar-refractivity contribution < 1.29 is 14.7 Å². The number of nitrogens with one attached hydrogen (secondary N) is 1. The highest BCUT2D eigenvalue weighted by atomic mass is 16.4. The van der Waals surface area contributed by atoms with Gasteiger partial charge in [-0.15, -0.1) is 0 Å². The quantitative estimate of drug-likeness (QED) is 0.800. The Labute approximate surface area is 114 Å². The average molecular weight is 268 g/mol. The number of hydrogen-bond donors (Lipinski definition) is 2. The Hall–Kier alpha value is -1.26. The fourth-order valence-electron chi connectivity index (χ4n) is 3.49. The lowest BCUT2D eigenvalue weighted by Gasteiger charge is -2.28. The molecule has 5 heteroatoms. The van der Waals surface area contributed by atoms with Crippen LogP contribution in [-0.2, 0) is 4.79 Å². The zero-order chi connectivity index (χ0) is 14.0. The summed E-state index contributed by atoms with van der Waals surface area (Å²) in [5.41, 5.74) is 0. The van der Waals surface area contributed by atoms with Crippen molar-refractivity contribution in [2.75, 3.05) is 13.1 Å². The summed E-state index contributed by atoms with van der Waals surface area (Å²) in [7, 11) is 0. The first-order valence-electron chi connectivity index (χ1n) is 7.23. The van der Waals surface area contributed by atoms with Crippen LogP contribution < -0.4 is 5.32 Å². The second-order valence-electron chi connectivity index (χ2n) is 6.40. The summed E-state index contributed by atoms with van der Waals surface area (Å²) < 4.78 is 0. The molecule has 0 spiro atoms. The Morgan fingerprint density at radius 2 is 2.05 bits per heavy atom. The van der Waals surface area contributed by atoms with Crippen LogP contribution in [0.15, 0.2) is 0 Å². The maximum atomic E-state index is 12.2.